The number of imidazole rings is 2. The van der Waals surface area contributed by atoms with Crippen LogP contribution in [0.5, 0.6) is 0 Å². The van der Waals surface area contributed by atoms with Gasteiger partial charge >= 0.3 is 0 Å². The summed E-state index contributed by atoms with van der Waals surface area (Å²) in [5, 5.41) is 85.0. The Morgan fingerprint density at radius 1 is 0.848 bits per heavy atom. The molecular weight excluding hydrogens is 446 g/mol. The number of aliphatic hydroxyl groups is 8. The summed E-state index contributed by atoms with van der Waals surface area (Å²) < 4.78 is 0. The average Bonchev–Trinajstić information content (AvgIpc) is 3.51. The monoisotopic (exact) mass is 475 g/mol. The molecule has 0 unspecified atom stereocenters. The van der Waals surface area contributed by atoms with Gasteiger partial charge in [-0.3, -0.25) is 4.79 Å². The number of carbonyl (C=O) groups is 1. The van der Waals surface area contributed by atoms with Gasteiger partial charge in [-0.25, -0.2) is 9.97 Å². The van der Waals surface area contributed by atoms with Crippen molar-refractivity contribution in [3.63, 3.8) is 0 Å². The zero-order valence-electron chi connectivity index (χ0n) is 17.8. The number of aliphatic hydroxyl groups excluding tert-OH is 8. The molecule has 186 valence electrons. The Balaban J connectivity index is 0.000000331. The van der Waals surface area contributed by atoms with Gasteiger partial charge in [0, 0.05) is 6.92 Å². The van der Waals surface area contributed by atoms with Gasteiger partial charge in [-0.05, 0) is 6.92 Å². The molecular formula is C18H29N5O10. The first-order valence-electron chi connectivity index (χ1n) is 9.58. The molecule has 6 atom stereocenters. The van der Waals surface area contributed by atoms with Crippen LogP contribution in [0.25, 0.3) is 0 Å². The molecule has 0 radical (unpaired) electrons. The number of hydrogen-bond donors (Lipinski definition) is 11. The van der Waals surface area contributed by atoms with Gasteiger partial charge in [0.25, 0.3) is 0 Å². The summed E-state index contributed by atoms with van der Waals surface area (Å²) in [4.78, 5) is 23.5. The number of Topliss-reactive ketones (excluding diaryl/α,β-unsaturated/α-hetero) is 1. The average molecular weight is 475 g/mol. The van der Waals surface area contributed by atoms with Gasteiger partial charge < -0.3 is 56.0 Å². The Morgan fingerprint density at radius 3 is 1.58 bits per heavy atom. The standard InChI is InChI=1S/C9H15N3O5.C9H14N2O5/c1-4(12-17)9-10-2-5(11-9)7(15)8(16)6(14)3-13;1-4(13)9-10-2-5(11-9)7(15)8(16)6(14)3-12/h2,6-8,13-17H,3H2,1H3,(H,10,11);2,6-8,12,14-16H,3H2,1H3,(H,10,11)/t2*6-,7-,8-/m11/s1. The van der Waals surface area contributed by atoms with Crippen LogP contribution in [0, 0.1) is 0 Å². The van der Waals surface area contributed by atoms with E-state index >= 15 is 0 Å². The first-order chi connectivity index (χ1) is 15.5. The molecule has 15 heteroatoms. The third-order valence-corrected chi connectivity index (χ3v) is 4.46. The topological polar surface area (TPSA) is 269 Å². The summed E-state index contributed by atoms with van der Waals surface area (Å²) in [7, 11) is 0. The minimum absolute atomic E-state index is 0.0553. The van der Waals surface area contributed by atoms with Gasteiger partial charge in [-0.2, -0.15) is 0 Å². The molecule has 0 saturated heterocycles. The second-order valence-electron chi connectivity index (χ2n) is 6.99. The van der Waals surface area contributed by atoms with Crippen LogP contribution in [-0.2, 0) is 0 Å². The zero-order chi connectivity index (χ0) is 25.3. The molecule has 2 aromatic heterocycles. The SMILES string of the molecule is CC(=NO)c1ncc([C@@H](O)[C@H](O)[C@H](O)CO)[nH]1.CC(=O)c1ncc([C@@H](O)[C@H](O)[C@H](O)CO)[nH]1. The maximum Gasteiger partial charge on any atom is 0.194 e. The van der Waals surface area contributed by atoms with E-state index in [2.05, 4.69) is 25.1 Å². The summed E-state index contributed by atoms with van der Waals surface area (Å²) >= 11 is 0. The fraction of sp³-hybridized carbons (Fsp3) is 0.556. The lowest BCUT2D eigenvalue weighted by molar-refractivity contribution is -0.0788. The van der Waals surface area contributed by atoms with Crippen LogP contribution in [0.3, 0.4) is 0 Å². The van der Waals surface area contributed by atoms with Gasteiger partial charge in [-0.15, -0.1) is 0 Å². The van der Waals surface area contributed by atoms with Crippen molar-refractivity contribution in [3.8, 4) is 0 Å². The molecule has 2 heterocycles. The summed E-state index contributed by atoms with van der Waals surface area (Å²) in [5.74, 6) is -0.0253. The molecule has 0 amide bonds. The van der Waals surface area contributed by atoms with Crippen LogP contribution in [-0.4, -0.2) is 115 Å². The number of aromatic amines is 2. The predicted molar refractivity (Wildman–Crippen MR) is 109 cm³/mol. The molecule has 0 aromatic carbocycles. The Morgan fingerprint density at radius 2 is 1.24 bits per heavy atom. The zero-order valence-corrected chi connectivity index (χ0v) is 17.8. The Hall–Kier alpha value is -2.76. The van der Waals surface area contributed by atoms with E-state index in [1.165, 1.54) is 26.2 Å². The molecule has 0 aliphatic rings. The summed E-state index contributed by atoms with van der Waals surface area (Å²) in [5.41, 5.74) is 0.453. The van der Waals surface area contributed by atoms with Crippen molar-refractivity contribution in [1.82, 2.24) is 19.9 Å². The van der Waals surface area contributed by atoms with Crippen LogP contribution in [0.15, 0.2) is 17.5 Å². The van der Waals surface area contributed by atoms with Crippen LogP contribution in [0.4, 0.5) is 0 Å². The molecule has 33 heavy (non-hydrogen) atoms. The number of oxime groups is 1. The van der Waals surface area contributed by atoms with Crippen molar-refractivity contribution in [2.45, 2.75) is 50.5 Å². The Kier molecular flexibility index (Phi) is 11.2. The predicted octanol–water partition coefficient (Wildman–Crippen LogP) is -3.28. The van der Waals surface area contributed by atoms with Crippen molar-refractivity contribution >= 4 is 11.5 Å². The summed E-state index contributed by atoms with van der Waals surface area (Å²) in [6.07, 6.45) is -6.45. The van der Waals surface area contributed by atoms with E-state index in [-0.39, 0.29) is 34.5 Å². The number of nitrogens with zero attached hydrogens (tertiary/aromatic N) is 3. The highest BCUT2D eigenvalue weighted by Crippen LogP contribution is 2.18. The van der Waals surface area contributed by atoms with Crippen LogP contribution in [0.1, 0.15) is 53.9 Å². The van der Waals surface area contributed by atoms with Crippen LogP contribution in [0.2, 0.25) is 0 Å². The van der Waals surface area contributed by atoms with Crippen molar-refractivity contribution in [1.29, 1.82) is 0 Å². The van der Waals surface area contributed by atoms with Gasteiger partial charge in [0.2, 0.25) is 0 Å². The second kappa shape index (κ2) is 13.1. The molecule has 2 aromatic rings. The first kappa shape index (κ1) is 28.3. The highest BCUT2D eigenvalue weighted by molar-refractivity contribution is 5.94. The summed E-state index contributed by atoms with van der Waals surface area (Å²) in [6.45, 7) is 1.45. The van der Waals surface area contributed by atoms with Crippen molar-refractivity contribution in [2.75, 3.05) is 13.2 Å². The lowest BCUT2D eigenvalue weighted by atomic mass is 10.1. The molecule has 0 bridgehead atoms. The number of aromatic nitrogens is 4. The number of rotatable bonds is 10. The van der Waals surface area contributed by atoms with E-state index in [0.717, 1.165) is 0 Å². The van der Waals surface area contributed by atoms with Gasteiger partial charge in [0.05, 0.1) is 37.0 Å². The highest BCUT2D eigenvalue weighted by atomic mass is 16.4. The van der Waals surface area contributed by atoms with E-state index in [1.807, 2.05) is 0 Å². The van der Waals surface area contributed by atoms with Crippen LogP contribution < -0.4 is 0 Å². The molecule has 0 saturated carbocycles. The van der Waals surface area contributed by atoms with Crippen molar-refractivity contribution in [3.05, 3.63) is 35.4 Å². The van der Waals surface area contributed by atoms with E-state index in [0.29, 0.717) is 0 Å². The number of carbonyl (C=O) groups excluding carboxylic acids is 1. The quantitative estimate of drug-likeness (QED) is 0.0698. The van der Waals surface area contributed by atoms with E-state index in [1.54, 1.807) is 0 Å². The molecule has 0 spiro atoms. The normalized spacial score (nSPS) is 17.3. The third kappa shape index (κ3) is 7.65. The minimum Gasteiger partial charge on any atom is -0.411 e. The maximum absolute atomic E-state index is 10.9. The molecule has 15 nitrogen and oxygen atoms in total. The minimum atomic E-state index is -1.55. The number of hydrogen-bond acceptors (Lipinski definition) is 13. The van der Waals surface area contributed by atoms with Crippen molar-refractivity contribution < 1.29 is 50.9 Å². The second-order valence-corrected chi connectivity index (χ2v) is 6.99. The molecule has 0 fully saturated rings. The van der Waals surface area contributed by atoms with E-state index < -0.39 is 49.8 Å². The van der Waals surface area contributed by atoms with Crippen LogP contribution >= 0.6 is 0 Å². The first-order valence-corrected chi connectivity index (χ1v) is 9.58. The molecule has 0 aliphatic heterocycles. The van der Waals surface area contributed by atoms with Crippen molar-refractivity contribution in [2.24, 2.45) is 5.16 Å². The fourth-order valence-electron chi connectivity index (χ4n) is 2.39. The third-order valence-electron chi connectivity index (χ3n) is 4.46. The Labute approximate surface area is 187 Å². The number of nitrogens with one attached hydrogen (secondary N) is 2. The maximum atomic E-state index is 10.9. The van der Waals surface area contributed by atoms with Gasteiger partial charge in [0.1, 0.15) is 42.3 Å². The van der Waals surface area contributed by atoms with Gasteiger partial charge in [-0.1, -0.05) is 5.16 Å². The lowest BCUT2D eigenvalue weighted by Crippen LogP contribution is -2.34. The van der Waals surface area contributed by atoms with Gasteiger partial charge in [0.15, 0.2) is 17.4 Å². The van der Waals surface area contributed by atoms with E-state index in [9.17, 15) is 25.2 Å². The Bertz CT molecular complexity index is 901. The molecule has 2 rings (SSSR count). The number of ketones is 1. The number of H-pyrrole nitrogens is 2. The lowest BCUT2D eigenvalue weighted by Gasteiger charge is -2.20. The molecule has 0 aliphatic carbocycles. The summed E-state index contributed by atoms with van der Waals surface area (Å²) in [6, 6.07) is 0. The smallest absolute Gasteiger partial charge is 0.194 e. The molecule has 11 N–H and O–H groups in total. The fourth-order valence-corrected chi connectivity index (χ4v) is 2.39. The highest BCUT2D eigenvalue weighted by Gasteiger charge is 2.28. The largest absolute Gasteiger partial charge is 0.411 e. The van der Waals surface area contributed by atoms with E-state index in [4.69, 9.17) is 25.6 Å².